The van der Waals surface area contributed by atoms with Crippen molar-refractivity contribution in [1.82, 2.24) is 15.1 Å². The van der Waals surface area contributed by atoms with Gasteiger partial charge in [0.05, 0.1) is 13.2 Å². The van der Waals surface area contributed by atoms with Crippen LogP contribution in [0, 0.1) is 0 Å². The Morgan fingerprint density at radius 1 is 1.43 bits per heavy atom. The summed E-state index contributed by atoms with van der Waals surface area (Å²) in [6, 6.07) is 9.26. The number of methoxy groups -OCH3 is 1. The van der Waals surface area contributed by atoms with E-state index in [1.807, 2.05) is 41.2 Å². The summed E-state index contributed by atoms with van der Waals surface area (Å²) in [5.41, 5.74) is 7.82. The molecule has 1 aromatic carbocycles. The van der Waals surface area contributed by atoms with Crippen LogP contribution in [0.25, 0.3) is 0 Å². The molecule has 112 valence electrons. The molecule has 0 aliphatic carbocycles. The van der Waals surface area contributed by atoms with E-state index in [9.17, 15) is 4.79 Å². The Kier molecular flexibility index (Phi) is 5.48. The fourth-order valence-corrected chi connectivity index (χ4v) is 1.99. The highest BCUT2D eigenvalue weighted by Crippen LogP contribution is 2.07. The molecule has 0 fully saturated rings. The topological polar surface area (TPSA) is 82.2 Å². The molecule has 0 spiro atoms. The quantitative estimate of drug-likeness (QED) is 0.778. The van der Waals surface area contributed by atoms with E-state index in [2.05, 4.69) is 10.4 Å². The van der Waals surface area contributed by atoms with Crippen LogP contribution in [0.4, 0.5) is 0 Å². The second-order valence-corrected chi connectivity index (χ2v) is 4.80. The molecule has 0 saturated carbocycles. The van der Waals surface area contributed by atoms with Gasteiger partial charge in [0.15, 0.2) is 0 Å². The highest BCUT2D eigenvalue weighted by atomic mass is 16.5. The van der Waals surface area contributed by atoms with Crippen molar-refractivity contribution in [2.45, 2.75) is 19.1 Å². The van der Waals surface area contributed by atoms with Crippen LogP contribution in [-0.4, -0.2) is 35.4 Å². The highest BCUT2D eigenvalue weighted by Gasteiger charge is 2.12. The number of hydrogen-bond donors (Lipinski definition) is 2. The molecule has 2 aromatic rings. The average Bonchev–Trinajstić information content (AvgIpc) is 2.98. The SMILES string of the molecule is COCC(N)C(=O)NCc1cccc(Cn2cccn2)c1. The van der Waals surface area contributed by atoms with Crippen molar-refractivity contribution in [3.63, 3.8) is 0 Å². The molecule has 0 bridgehead atoms. The summed E-state index contributed by atoms with van der Waals surface area (Å²) >= 11 is 0. The van der Waals surface area contributed by atoms with Gasteiger partial charge in [-0.15, -0.1) is 0 Å². The van der Waals surface area contributed by atoms with Gasteiger partial charge in [0, 0.05) is 26.0 Å². The third kappa shape index (κ3) is 4.70. The molecule has 1 aromatic heterocycles. The number of carbonyl (C=O) groups is 1. The third-order valence-corrected chi connectivity index (χ3v) is 3.04. The fraction of sp³-hybridized carbons (Fsp3) is 0.333. The van der Waals surface area contributed by atoms with E-state index in [1.165, 1.54) is 7.11 Å². The number of nitrogens with one attached hydrogen (secondary N) is 1. The first-order valence-corrected chi connectivity index (χ1v) is 6.76. The molecule has 0 radical (unpaired) electrons. The van der Waals surface area contributed by atoms with Crippen LogP contribution in [0.2, 0.25) is 0 Å². The first kappa shape index (κ1) is 15.2. The van der Waals surface area contributed by atoms with Gasteiger partial charge >= 0.3 is 0 Å². The zero-order chi connectivity index (χ0) is 15.1. The zero-order valence-corrected chi connectivity index (χ0v) is 12.0. The zero-order valence-electron chi connectivity index (χ0n) is 12.0. The smallest absolute Gasteiger partial charge is 0.239 e. The molecule has 3 N–H and O–H groups in total. The Labute approximate surface area is 123 Å². The number of ether oxygens (including phenoxy) is 1. The molecular weight excluding hydrogens is 268 g/mol. The molecule has 1 unspecified atom stereocenters. The van der Waals surface area contributed by atoms with Gasteiger partial charge in [0.2, 0.25) is 5.91 Å². The molecule has 0 aliphatic heterocycles. The van der Waals surface area contributed by atoms with Crippen LogP contribution in [0.5, 0.6) is 0 Å². The predicted molar refractivity (Wildman–Crippen MR) is 79.5 cm³/mol. The lowest BCUT2D eigenvalue weighted by Gasteiger charge is -2.12. The van der Waals surface area contributed by atoms with Gasteiger partial charge in [-0.25, -0.2) is 0 Å². The summed E-state index contributed by atoms with van der Waals surface area (Å²) < 4.78 is 6.71. The number of nitrogens with two attached hydrogens (primary N) is 1. The maximum Gasteiger partial charge on any atom is 0.239 e. The average molecular weight is 288 g/mol. The minimum Gasteiger partial charge on any atom is -0.383 e. The number of benzene rings is 1. The van der Waals surface area contributed by atoms with Gasteiger partial charge in [0.1, 0.15) is 6.04 Å². The first-order chi connectivity index (χ1) is 10.2. The minimum absolute atomic E-state index is 0.213. The summed E-state index contributed by atoms with van der Waals surface area (Å²) in [4.78, 5) is 11.7. The van der Waals surface area contributed by atoms with Crippen LogP contribution >= 0.6 is 0 Å². The Bertz CT molecular complexity index is 569. The summed E-state index contributed by atoms with van der Waals surface area (Å²) in [6.07, 6.45) is 3.67. The highest BCUT2D eigenvalue weighted by molar-refractivity contribution is 5.81. The van der Waals surface area contributed by atoms with Crippen LogP contribution < -0.4 is 11.1 Å². The van der Waals surface area contributed by atoms with Crippen molar-refractivity contribution in [2.24, 2.45) is 5.73 Å². The summed E-state index contributed by atoms with van der Waals surface area (Å²) in [5, 5.41) is 6.98. The Morgan fingerprint density at radius 3 is 2.95 bits per heavy atom. The minimum atomic E-state index is -0.637. The summed E-state index contributed by atoms with van der Waals surface area (Å²) in [6.45, 7) is 1.37. The Balaban J connectivity index is 1.90. The molecule has 1 heterocycles. The standard InChI is InChI=1S/C15H20N4O2/c1-21-11-14(16)15(20)17-9-12-4-2-5-13(8-12)10-19-7-3-6-18-19/h2-8,14H,9-11,16H2,1H3,(H,17,20). The van der Waals surface area contributed by atoms with E-state index >= 15 is 0 Å². The second kappa shape index (κ2) is 7.56. The van der Waals surface area contributed by atoms with Gasteiger partial charge < -0.3 is 15.8 Å². The molecule has 1 atom stereocenters. The number of amides is 1. The summed E-state index contributed by atoms with van der Waals surface area (Å²) in [5.74, 6) is -0.214. The van der Waals surface area contributed by atoms with E-state index in [-0.39, 0.29) is 12.5 Å². The van der Waals surface area contributed by atoms with Crippen molar-refractivity contribution >= 4 is 5.91 Å². The normalized spacial score (nSPS) is 12.1. The van der Waals surface area contributed by atoms with Gasteiger partial charge in [-0.1, -0.05) is 24.3 Å². The van der Waals surface area contributed by atoms with Gasteiger partial charge in [-0.3, -0.25) is 9.48 Å². The van der Waals surface area contributed by atoms with Gasteiger partial charge in [0.25, 0.3) is 0 Å². The molecule has 6 heteroatoms. The van der Waals surface area contributed by atoms with Crippen molar-refractivity contribution in [3.8, 4) is 0 Å². The molecular formula is C15H20N4O2. The van der Waals surface area contributed by atoms with Crippen molar-refractivity contribution in [3.05, 3.63) is 53.9 Å². The molecule has 6 nitrogen and oxygen atoms in total. The monoisotopic (exact) mass is 288 g/mol. The first-order valence-electron chi connectivity index (χ1n) is 6.76. The maximum absolute atomic E-state index is 11.7. The largest absolute Gasteiger partial charge is 0.383 e. The number of rotatable bonds is 7. The summed E-state index contributed by atoms with van der Waals surface area (Å²) in [7, 11) is 1.52. The Hall–Kier alpha value is -2.18. The molecule has 21 heavy (non-hydrogen) atoms. The molecule has 0 aliphatic rings. The molecule has 2 rings (SSSR count). The molecule has 0 saturated heterocycles. The predicted octanol–water partition coefficient (Wildman–Crippen LogP) is 0.521. The fourth-order valence-electron chi connectivity index (χ4n) is 1.99. The lowest BCUT2D eigenvalue weighted by molar-refractivity contribution is -0.123. The third-order valence-electron chi connectivity index (χ3n) is 3.04. The van der Waals surface area contributed by atoms with E-state index in [0.717, 1.165) is 11.1 Å². The van der Waals surface area contributed by atoms with E-state index in [1.54, 1.807) is 6.20 Å². The number of aromatic nitrogens is 2. The van der Waals surface area contributed by atoms with E-state index in [4.69, 9.17) is 10.5 Å². The van der Waals surface area contributed by atoms with E-state index in [0.29, 0.717) is 13.1 Å². The molecule has 1 amide bonds. The number of carbonyl (C=O) groups excluding carboxylic acids is 1. The number of nitrogens with zero attached hydrogens (tertiary/aromatic N) is 2. The number of hydrogen-bond acceptors (Lipinski definition) is 4. The van der Waals surface area contributed by atoms with Crippen LogP contribution in [-0.2, 0) is 22.6 Å². The lowest BCUT2D eigenvalue weighted by atomic mass is 10.1. The van der Waals surface area contributed by atoms with E-state index < -0.39 is 6.04 Å². The maximum atomic E-state index is 11.7. The second-order valence-electron chi connectivity index (χ2n) is 4.80. The van der Waals surface area contributed by atoms with Crippen molar-refractivity contribution < 1.29 is 9.53 Å². The van der Waals surface area contributed by atoms with Crippen molar-refractivity contribution in [2.75, 3.05) is 13.7 Å². The van der Waals surface area contributed by atoms with Gasteiger partial charge in [-0.2, -0.15) is 5.10 Å². The van der Waals surface area contributed by atoms with Crippen LogP contribution in [0.1, 0.15) is 11.1 Å². The van der Waals surface area contributed by atoms with Crippen LogP contribution in [0.3, 0.4) is 0 Å². The van der Waals surface area contributed by atoms with Crippen LogP contribution in [0.15, 0.2) is 42.7 Å². The lowest BCUT2D eigenvalue weighted by Crippen LogP contribution is -2.43. The van der Waals surface area contributed by atoms with Gasteiger partial charge in [-0.05, 0) is 17.2 Å². The Morgan fingerprint density at radius 2 is 2.24 bits per heavy atom. The van der Waals surface area contributed by atoms with Crippen molar-refractivity contribution in [1.29, 1.82) is 0 Å².